The molecule has 0 unspecified atom stereocenters. The van der Waals surface area contributed by atoms with E-state index in [0.29, 0.717) is 18.1 Å². The summed E-state index contributed by atoms with van der Waals surface area (Å²) in [5, 5.41) is 9.49. The van der Waals surface area contributed by atoms with E-state index in [-0.39, 0.29) is 5.56 Å². The van der Waals surface area contributed by atoms with Crippen molar-refractivity contribution in [3.05, 3.63) is 75.3 Å². The average molecular weight is 419 g/mol. The highest BCUT2D eigenvalue weighted by Crippen LogP contribution is 2.21. The number of hydrogen-bond acceptors (Lipinski definition) is 7. The largest absolute Gasteiger partial charge is 0.369 e. The van der Waals surface area contributed by atoms with Gasteiger partial charge in [-0.2, -0.15) is 4.98 Å². The molecule has 3 aromatic heterocycles. The number of nitrogens with one attached hydrogen (secondary N) is 2. The number of hydrogen-bond donors (Lipinski definition) is 2. The number of anilines is 3. The van der Waals surface area contributed by atoms with Crippen LogP contribution in [-0.2, 0) is 6.54 Å². The molecule has 0 aliphatic carbocycles. The van der Waals surface area contributed by atoms with E-state index < -0.39 is 0 Å². The Hall–Kier alpha value is -3.23. The number of pyridine rings is 1. The molecule has 2 N–H and O–H groups in total. The molecule has 1 fully saturated rings. The second kappa shape index (κ2) is 8.25. The molecule has 1 aliphatic heterocycles. The Morgan fingerprint density at radius 1 is 1.07 bits per heavy atom. The first-order valence-electron chi connectivity index (χ1n) is 9.98. The van der Waals surface area contributed by atoms with Crippen molar-refractivity contribution in [1.29, 1.82) is 0 Å². The van der Waals surface area contributed by atoms with Crippen molar-refractivity contribution < 1.29 is 0 Å². The molecule has 0 radical (unpaired) electrons. The van der Waals surface area contributed by atoms with Gasteiger partial charge >= 0.3 is 0 Å². The second-order valence-corrected chi connectivity index (χ2v) is 8.25. The van der Waals surface area contributed by atoms with Gasteiger partial charge in [-0.3, -0.25) is 9.36 Å². The Bertz CT molecular complexity index is 1200. The minimum absolute atomic E-state index is 0.0686. The van der Waals surface area contributed by atoms with Crippen molar-refractivity contribution >= 4 is 39.7 Å². The van der Waals surface area contributed by atoms with E-state index >= 15 is 0 Å². The SMILES string of the molecule is O=c1ccc2cnc(Nc3ccc(N4CCNCC4)cc3)nc2n1Cc1cccs1. The molecule has 152 valence electrons. The number of piperazine rings is 1. The summed E-state index contributed by atoms with van der Waals surface area (Å²) in [4.78, 5) is 25.1. The molecule has 0 spiro atoms. The normalized spacial score (nSPS) is 14.2. The molecule has 1 aromatic carbocycles. The molecule has 7 nitrogen and oxygen atoms in total. The van der Waals surface area contributed by atoms with Gasteiger partial charge in [0.2, 0.25) is 5.95 Å². The predicted molar refractivity (Wildman–Crippen MR) is 122 cm³/mol. The molecule has 4 aromatic rings. The summed E-state index contributed by atoms with van der Waals surface area (Å²) in [7, 11) is 0. The Labute approximate surface area is 178 Å². The first-order chi connectivity index (χ1) is 14.8. The van der Waals surface area contributed by atoms with Crippen LogP contribution in [-0.4, -0.2) is 40.7 Å². The first kappa shape index (κ1) is 18.8. The Morgan fingerprint density at radius 2 is 1.90 bits per heavy atom. The molecular formula is C22H22N6OS. The molecule has 0 saturated carbocycles. The van der Waals surface area contributed by atoms with E-state index in [2.05, 4.69) is 37.6 Å². The van der Waals surface area contributed by atoms with Gasteiger partial charge in [0.1, 0.15) is 5.65 Å². The maximum atomic E-state index is 12.5. The van der Waals surface area contributed by atoms with Gasteiger partial charge in [0, 0.05) is 60.1 Å². The Morgan fingerprint density at radius 3 is 2.67 bits per heavy atom. The lowest BCUT2D eigenvalue weighted by atomic mass is 10.2. The fraction of sp³-hybridized carbons (Fsp3) is 0.227. The van der Waals surface area contributed by atoms with Gasteiger partial charge in [-0.25, -0.2) is 4.98 Å². The molecule has 0 atom stereocenters. The van der Waals surface area contributed by atoms with Crippen LogP contribution in [0.1, 0.15) is 4.88 Å². The number of thiophene rings is 1. The van der Waals surface area contributed by atoms with Crippen LogP contribution in [0.2, 0.25) is 0 Å². The highest BCUT2D eigenvalue weighted by molar-refractivity contribution is 7.09. The molecule has 0 amide bonds. The van der Waals surface area contributed by atoms with E-state index in [1.165, 1.54) is 5.69 Å². The lowest BCUT2D eigenvalue weighted by molar-refractivity contribution is 0.589. The third-order valence-corrected chi connectivity index (χ3v) is 6.08. The van der Waals surface area contributed by atoms with Gasteiger partial charge < -0.3 is 15.5 Å². The number of nitrogens with zero attached hydrogens (tertiary/aromatic N) is 4. The summed E-state index contributed by atoms with van der Waals surface area (Å²) in [5.41, 5.74) is 2.69. The van der Waals surface area contributed by atoms with E-state index in [4.69, 9.17) is 0 Å². The lowest BCUT2D eigenvalue weighted by Gasteiger charge is -2.29. The smallest absolute Gasteiger partial charge is 0.252 e. The summed E-state index contributed by atoms with van der Waals surface area (Å²) in [6.45, 7) is 4.56. The molecular weight excluding hydrogens is 396 g/mol. The minimum Gasteiger partial charge on any atom is -0.369 e. The zero-order chi connectivity index (χ0) is 20.3. The van der Waals surface area contributed by atoms with Gasteiger partial charge in [0.05, 0.1) is 6.54 Å². The fourth-order valence-corrected chi connectivity index (χ4v) is 4.34. The maximum Gasteiger partial charge on any atom is 0.252 e. The van der Waals surface area contributed by atoms with Gasteiger partial charge in [-0.1, -0.05) is 6.07 Å². The third kappa shape index (κ3) is 3.92. The van der Waals surface area contributed by atoms with Crippen LogP contribution in [0, 0.1) is 0 Å². The van der Waals surface area contributed by atoms with Crippen molar-refractivity contribution in [2.45, 2.75) is 6.54 Å². The van der Waals surface area contributed by atoms with Gasteiger partial charge in [-0.05, 0) is 41.8 Å². The highest BCUT2D eigenvalue weighted by atomic mass is 32.1. The van der Waals surface area contributed by atoms with Crippen molar-refractivity contribution in [3.63, 3.8) is 0 Å². The molecule has 1 aliphatic rings. The standard InChI is InChI=1S/C22H22N6OS/c29-20-8-3-16-14-24-22(26-21(16)28(20)15-19-2-1-13-30-19)25-17-4-6-18(7-5-17)27-11-9-23-10-12-27/h1-8,13-14,23H,9-12,15H2,(H,24,25,26). The maximum absolute atomic E-state index is 12.5. The van der Waals surface area contributed by atoms with E-state index in [1.807, 2.05) is 29.6 Å². The summed E-state index contributed by atoms with van der Waals surface area (Å²) in [6, 6.07) is 15.7. The summed E-state index contributed by atoms with van der Waals surface area (Å²) in [5.74, 6) is 0.475. The zero-order valence-corrected chi connectivity index (χ0v) is 17.2. The topological polar surface area (TPSA) is 75.1 Å². The zero-order valence-electron chi connectivity index (χ0n) is 16.4. The summed E-state index contributed by atoms with van der Waals surface area (Å²) >= 11 is 1.63. The average Bonchev–Trinajstić information content (AvgIpc) is 3.30. The van der Waals surface area contributed by atoms with Gasteiger partial charge in [0.15, 0.2) is 0 Å². The van der Waals surface area contributed by atoms with Crippen molar-refractivity contribution in [3.8, 4) is 0 Å². The Kier molecular flexibility index (Phi) is 5.17. The summed E-state index contributed by atoms with van der Waals surface area (Å²) < 4.78 is 1.70. The quantitative estimate of drug-likeness (QED) is 0.519. The predicted octanol–water partition coefficient (Wildman–Crippen LogP) is 3.05. The van der Waals surface area contributed by atoms with Crippen LogP contribution in [0.25, 0.3) is 11.0 Å². The van der Waals surface area contributed by atoms with Crippen LogP contribution in [0.15, 0.2) is 64.9 Å². The third-order valence-electron chi connectivity index (χ3n) is 5.22. The van der Waals surface area contributed by atoms with E-state index in [0.717, 1.165) is 42.1 Å². The van der Waals surface area contributed by atoms with E-state index in [1.54, 1.807) is 34.2 Å². The number of fused-ring (bicyclic) bond motifs is 1. The number of benzene rings is 1. The molecule has 1 saturated heterocycles. The number of rotatable bonds is 5. The van der Waals surface area contributed by atoms with Crippen molar-refractivity contribution in [1.82, 2.24) is 19.9 Å². The lowest BCUT2D eigenvalue weighted by Crippen LogP contribution is -2.43. The van der Waals surface area contributed by atoms with Gasteiger partial charge in [0.25, 0.3) is 5.56 Å². The van der Waals surface area contributed by atoms with Crippen LogP contribution < -0.4 is 21.1 Å². The van der Waals surface area contributed by atoms with Crippen molar-refractivity contribution in [2.24, 2.45) is 0 Å². The second-order valence-electron chi connectivity index (χ2n) is 7.22. The molecule has 5 rings (SSSR count). The first-order valence-corrected chi connectivity index (χ1v) is 10.9. The van der Waals surface area contributed by atoms with Gasteiger partial charge in [-0.15, -0.1) is 11.3 Å². The van der Waals surface area contributed by atoms with Crippen molar-refractivity contribution in [2.75, 3.05) is 36.4 Å². The molecule has 0 bridgehead atoms. The molecule has 30 heavy (non-hydrogen) atoms. The van der Waals surface area contributed by atoms with Crippen LogP contribution >= 0.6 is 11.3 Å². The monoisotopic (exact) mass is 418 g/mol. The Balaban J connectivity index is 1.41. The molecule has 8 heteroatoms. The van der Waals surface area contributed by atoms with Crippen LogP contribution in [0.4, 0.5) is 17.3 Å². The highest BCUT2D eigenvalue weighted by Gasteiger charge is 2.11. The summed E-state index contributed by atoms with van der Waals surface area (Å²) in [6.07, 6.45) is 1.75. The molecule has 4 heterocycles. The van der Waals surface area contributed by atoms with E-state index in [9.17, 15) is 4.79 Å². The number of aromatic nitrogens is 3. The minimum atomic E-state index is -0.0686. The van der Waals surface area contributed by atoms with Crippen LogP contribution in [0.3, 0.4) is 0 Å². The van der Waals surface area contributed by atoms with Crippen LogP contribution in [0.5, 0.6) is 0 Å². The fourth-order valence-electron chi connectivity index (χ4n) is 3.65.